The number of hydrogen-bond acceptors (Lipinski definition) is 5. The second-order valence-corrected chi connectivity index (χ2v) is 8.38. The summed E-state index contributed by atoms with van der Waals surface area (Å²) in [5.41, 5.74) is 8.65. The lowest BCUT2D eigenvalue weighted by Gasteiger charge is -2.28. The van der Waals surface area contributed by atoms with Gasteiger partial charge in [-0.15, -0.1) is 21.8 Å². The van der Waals surface area contributed by atoms with Crippen LogP contribution in [0.2, 0.25) is 0 Å². The molecule has 2 N–H and O–H groups in total. The highest BCUT2D eigenvalue weighted by molar-refractivity contribution is 6.21. The largest absolute Gasteiger partial charge is 0.474 e. The summed E-state index contributed by atoms with van der Waals surface area (Å²) < 4.78 is 8.21. The van der Waals surface area contributed by atoms with Gasteiger partial charge in [-0.2, -0.15) is 0 Å². The highest BCUT2D eigenvalue weighted by atomic mass is 35.5. The van der Waals surface area contributed by atoms with Gasteiger partial charge in [-0.1, -0.05) is 24.3 Å². The molecule has 0 radical (unpaired) electrons. The first-order valence-electron chi connectivity index (χ1n) is 10.2. The molecule has 1 aromatic carbocycles. The Bertz CT molecular complexity index is 984. The number of benzene rings is 1. The van der Waals surface area contributed by atoms with Gasteiger partial charge in [0.25, 0.3) is 0 Å². The van der Waals surface area contributed by atoms with E-state index in [2.05, 4.69) is 31.9 Å². The molecule has 0 spiro atoms. The number of nitrogens with zero attached hydrogens (tertiary/aromatic N) is 4. The van der Waals surface area contributed by atoms with Crippen molar-refractivity contribution in [2.75, 3.05) is 0 Å². The third kappa shape index (κ3) is 3.51. The van der Waals surface area contributed by atoms with Crippen LogP contribution in [0.5, 0.6) is 5.88 Å². The van der Waals surface area contributed by atoms with Gasteiger partial charge in [0.15, 0.2) is 5.82 Å². The molecule has 1 saturated carbocycles. The molecule has 2 aliphatic rings. The molecule has 2 unspecified atom stereocenters. The van der Waals surface area contributed by atoms with Crippen LogP contribution < -0.4 is 10.5 Å². The maximum absolute atomic E-state index is 6.68. The minimum atomic E-state index is -0.354. The normalized spacial score (nSPS) is 26.3. The smallest absolute Gasteiger partial charge is 0.213 e. The van der Waals surface area contributed by atoms with E-state index in [1.807, 2.05) is 30.3 Å². The van der Waals surface area contributed by atoms with Gasteiger partial charge in [0, 0.05) is 24.2 Å². The minimum Gasteiger partial charge on any atom is -0.474 e. The molecule has 2 aromatic heterocycles. The van der Waals surface area contributed by atoms with Crippen molar-refractivity contribution in [3.8, 4) is 11.6 Å². The highest BCUT2D eigenvalue weighted by Gasteiger charge is 2.34. The molecule has 7 heteroatoms. The molecule has 1 aliphatic heterocycles. The lowest BCUT2D eigenvalue weighted by Crippen LogP contribution is -2.27. The second kappa shape index (κ2) is 7.76. The van der Waals surface area contributed by atoms with E-state index in [0.29, 0.717) is 11.8 Å². The molecule has 3 heterocycles. The van der Waals surface area contributed by atoms with Crippen LogP contribution in [-0.4, -0.2) is 31.9 Å². The van der Waals surface area contributed by atoms with Crippen LogP contribution in [0, 0.1) is 0 Å². The van der Waals surface area contributed by atoms with Crippen LogP contribution in [0.4, 0.5) is 0 Å². The Labute approximate surface area is 175 Å². The third-order valence-electron chi connectivity index (χ3n) is 5.99. The van der Waals surface area contributed by atoms with Crippen molar-refractivity contribution in [1.29, 1.82) is 0 Å². The summed E-state index contributed by atoms with van der Waals surface area (Å²) in [4.78, 5) is 4.28. The van der Waals surface area contributed by atoms with Crippen molar-refractivity contribution < 1.29 is 4.74 Å². The molecule has 0 saturated heterocycles. The standard InChI is InChI=1S/C22H24ClN5O/c23-20-17(24)13-15-5-1-2-6-18(15)28-21(26-27-22(20)28)14-8-10-16(11-9-14)29-19-7-3-4-12-25-19/h1-7,12,14,16-17,20H,8-11,13,24H2. The molecular weight excluding hydrogens is 386 g/mol. The summed E-state index contributed by atoms with van der Waals surface area (Å²) in [6.07, 6.45) is 6.61. The fourth-order valence-electron chi connectivity index (χ4n) is 4.48. The third-order valence-corrected chi connectivity index (χ3v) is 6.51. The van der Waals surface area contributed by atoms with Gasteiger partial charge in [0.1, 0.15) is 17.3 Å². The summed E-state index contributed by atoms with van der Waals surface area (Å²) in [5.74, 6) is 2.76. The summed E-state index contributed by atoms with van der Waals surface area (Å²) in [5, 5.41) is 8.69. The second-order valence-electron chi connectivity index (χ2n) is 7.91. The highest BCUT2D eigenvalue weighted by Crippen LogP contribution is 2.39. The molecule has 150 valence electrons. The molecule has 3 aromatic rings. The van der Waals surface area contributed by atoms with Gasteiger partial charge >= 0.3 is 0 Å². The zero-order valence-corrected chi connectivity index (χ0v) is 16.9. The van der Waals surface area contributed by atoms with Crippen LogP contribution in [0.1, 0.15) is 54.2 Å². The van der Waals surface area contributed by atoms with Crippen LogP contribution in [0.25, 0.3) is 5.69 Å². The quantitative estimate of drug-likeness (QED) is 0.663. The molecule has 2 atom stereocenters. The maximum atomic E-state index is 6.68. The molecule has 1 fully saturated rings. The Morgan fingerprint density at radius 3 is 2.52 bits per heavy atom. The first-order chi connectivity index (χ1) is 14.2. The SMILES string of the molecule is NC1Cc2ccccc2-n2c(C3CCC(Oc4ccccn4)CC3)nnc2C1Cl. The minimum absolute atomic E-state index is 0.182. The van der Waals surface area contributed by atoms with Crippen molar-refractivity contribution in [3.05, 3.63) is 65.9 Å². The number of aromatic nitrogens is 4. The number of rotatable bonds is 3. The van der Waals surface area contributed by atoms with E-state index < -0.39 is 0 Å². The molecule has 0 amide bonds. The fourth-order valence-corrected chi connectivity index (χ4v) is 4.71. The van der Waals surface area contributed by atoms with Crippen molar-refractivity contribution >= 4 is 11.6 Å². The Balaban J connectivity index is 1.40. The molecule has 5 rings (SSSR count). The average Bonchev–Trinajstić information content (AvgIpc) is 3.15. The van der Waals surface area contributed by atoms with Crippen molar-refractivity contribution in [2.45, 2.75) is 55.5 Å². The first-order valence-corrected chi connectivity index (χ1v) is 10.6. The molecular formula is C22H24ClN5O. The predicted octanol–water partition coefficient (Wildman–Crippen LogP) is 3.93. The number of halogens is 1. The Morgan fingerprint density at radius 1 is 0.966 bits per heavy atom. The number of alkyl halides is 1. The van der Waals surface area contributed by atoms with Gasteiger partial charge < -0.3 is 10.5 Å². The number of para-hydroxylation sites is 1. The Morgan fingerprint density at radius 2 is 1.72 bits per heavy atom. The lowest BCUT2D eigenvalue weighted by molar-refractivity contribution is 0.139. The van der Waals surface area contributed by atoms with E-state index >= 15 is 0 Å². The summed E-state index contributed by atoms with van der Waals surface area (Å²) in [6.45, 7) is 0. The topological polar surface area (TPSA) is 78.9 Å². The molecule has 6 nitrogen and oxygen atoms in total. The Kier molecular flexibility index (Phi) is 4.97. The predicted molar refractivity (Wildman–Crippen MR) is 111 cm³/mol. The summed E-state index contributed by atoms with van der Waals surface area (Å²) in [6, 6.07) is 13.9. The molecule has 29 heavy (non-hydrogen) atoms. The van der Waals surface area contributed by atoms with E-state index in [0.717, 1.165) is 49.4 Å². The van der Waals surface area contributed by atoms with Crippen molar-refractivity contribution in [1.82, 2.24) is 19.7 Å². The van der Waals surface area contributed by atoms with Crippen LogP contribution in [0.15, 0.2) is 48.7 Å². The van der Waals surface area contributed by atoms with Crippen LogP contribution in [-0.2, 0) is 6.42 Å². The Hall–Kier alpha value is -2.44. The maximum Gasteiger partial charge on any atom is 0.213 e. The number of pyridine rings is 1. The monoisotopic (exact) mass is 409 g/mol. The zero-order valence-electron chi connectivity index (χ0n) is 16.1. The van der Waals surface area contributed by atoms with Gasteiger partial charge in [0.05, 0.1) is 5.69 Å². The van der Waals surface area contributed by atoms with E-state index in [9.17, 15) is 0 Å². The first kappa shape index (κ1) is 18.6. The molecule has 0 bridgehead atoms. The fraction of sp³-hybridized carbons (Fsp3) is 0.409. The number of ether oxygens (including phenoxy) is 1. The van der Waals surface area contributed by atoms with E-state index in [-0.39, 0.29) is 17.5 Å². The average molecular weight is 410 g/mol. The van der Waals surface area contributed by atoms with E-state index in [1.165, 1.54) is 5.56 Å². The number of nitrogens with two attached hydrogens (primary N) is 1. The lowest BCUT2D eigenvalue weighted by atomic mass is 9.86. The van der Waals surface area contributed by atoms with E-state index in [1.54, 1.807) is 6.20 Å². The van der Waals surface area contributed by atoms with Crippen LogP contribution >= 0.6 is 11.6 Å². The summed E-state index contributed by atoms with van der Waals surface area (Å²) >= 11 is 6.68. The van der Waals surface area contributed by atoms with Gasteiger partial charge in [-0.05, 0) is 49.8 Å². The number of hydrogen-bond donors (Lipinski definition) is 1. The number of fused-ring (bicyclic) bond motifs is 3. The zero-order chi connectivity index (χ0) is 19.8. The van der Waals surface area contributed by atoms with Crippen LogP contribution in [0.3, 0.4) is 0 Å². The van der Waals surface area contributed by atoms with Gasteiger partial charge in [-0.25, -0.2) is 4.98 Å². The molecule has 1 aliphatic carbocycles. The van der Waals surface area contributed by atoms with Gasteiger partial charge in [-0.3, -0.25) is 4.57 Å². The van der Waals surface area contributed by atoms with Crippen molar-refractivity contribution in [2.24, 2.45) is 5.73 Å². The van der Waals surface area contributed by atoms with Crippen molar-refractivity contribution in [3.63, 3.8) is 0 Å². The van der Waals surface area contributed by atoms with Gasteiger partial charge in [0.2, 0.25) is 5.88 Å². The summed E-state index contributed by atoms with van der Waals surface area (Å²) in [7, 11) is 0. The van der Waals surface area contributed by atoms with E-state index in [4.69, 9.17) is 22.1 Å².